The van der Waals surface area contributed by atoms with Crippen molar-refractivity contribution in [1.29, 1.82) is 0 Å². The fourth-order valence-electron chi connectivity index (χ4n) is 1.75. The van der Waals surface area contributed by atoms with Gasteiger partial charge in [-0.05, 0) is 19.4 Å². The molecule has 0 aromatic carbocycles. The minimum Gasteiger partial charge on any atom is -0.347 e. The molecule has 5 nitrogen and oxygen atoms in total. The average Bonchev–Trinajstić information content (AvgIpc) is 2.29. The molecule has 0 radical (unpaired) electrons. The molecule has 1 aliphatic heterocycles. The molecular formula is C11H20N2O3. The van der Waals surface area contributed by atoms with Crippen LogP contribution < -0.4 is 10.6 Å². The molecule has 1 fully saturated rings. The molecule has 2 N–H and O–H groups in total. The van der Waals surface area contributed by atoms with Crippen molar-refractivity contribution < 1.29 is 14.3 Å². The van der Waals surface area contributed by atoms with E-state index in [1.54, 1.807) is 0 Å². The van der Waals surface area contributed by atoms with Gasteiger partial charge in [-0.25, -0.2) is 0 Å². The molecule has 0 aromatic rings. The van der Waals surface area contributed by atoms with E-state index in [1.165, 1.54) is 6.08 Å². The second kappa shape index (κ2) is 5.98. The van der Waals surface area contributed by atoms with E-state index in [4.69, 9.17) is 9.47 Å². The second-order valence-electron chi connectivity index (χ2n) is 3.81. The number of morpholine rings is 1. The molecule has 1 heterocycles. The standard InChI is InChI=1S/C11H20N2O3/c1-4-9-11(3,15-7-6-12-9)16-8-13-10(14)5-2/h5,9,12H,2,4,6-8H2,1,3H3,(H,13,14). The normalized spacial score (nSPS) is 29.8. The van der Waals surface area contributed by atoms with Gasteiger partial charge in [0.05, 0.1) is 12.6 Å². The number of carbonyl (C=O) groups excluding carboxylic acids is 1. The van der Waals surface area contributed by atoms with Crippen molar-refractivity contribution in [3.8, 4) is 0 Å². The minimum absolute atomic E-state index is 0.125. The first-order valence-electron chi connectivity index (χ1n) is 5.54. The molecule has 16 heavy (non-hydrogen) atoms. The SMILES string of the molecule is C=CC(=O)NCOC1(C)OCCNC1CC. The van der Waals surface area contributed by atoms with Crippen LogP contribution in [0.3, 0.4) is 0 Å². The summed E-state index contributed by atoms with van der Waals surface area (Å²) in [5.74, 6) is -0.929. The Morgan fingerprint density at radius 1 is 1.81 bits per heavy atom. The van der Waals surface area contributed by atoms with E-state index < -0.39 is 5.79 Å². The van der Waals surface area contributed by atoms with Crippen molar-refractivity contribution in [2.24, 2.45) is 0 Å². The Balaban J connectivity index is 2.42. The summed E-state index contributed by atoms with van der Waals surface area (Å²) in [7, 11) is 0. The molecule has 0 spiro atoms. The van der Waals surface area contributed by atoms with E-state index in [1.807, 2.05) is 6.92 Å². The second-order valence-corrected chi connectivity index (χ2v) is 3.81. The Morgan fingerprint density at radius 3 is 3.19 bits per heavy atom. The summed E-state index contributed by atoms with van der Waals surface area (Å²) in [6.07, 6.45) is 2.12. The Bertz CT molecular complexity index is 258. The molecular weight excluding hydrogens is 208 g/mol. The quantitative estimate of drug-likeness (QED) is 0.527. The third-order valence-corrected chi connectivity index (χ3v) is 2.71. The van der Waals surface area contributed by atoms with Crippen molar-refractivity contribution in [1.82, 2.24) is 10.6 Å². The number of hydrogen-bond acceptors (Lipinski definition) is 4. The van der Waals surface area contributed by atoms with E-state index in [2.05, 4.69) is 24.1 Å². The monoisotopic (exact) mass is 228 g/mol. The number of amides is 1. The lowest BCUT2D eigenvalue weighted by Crippen LogP contribution is -2.58. The van der Waals surface area contributed by atoms with Gasteiger partial charge in [0.25, 0.3) is 0 Å². The van der Waals surface area contributed by atoms with Gasteiger partial charge in [0.2, 0.25) is 5.91 Å². The summed E-state index contributed by atoms with van der Waals surface area (Å²) in [6, 6.07) is 0.141. The highest BCUT2D eigenvalue weighted by molar-refractivity contribution is 5.86. The van der Waals surface area contributed by atoms with Crippen LogP contribution >= 0.6 is 0 Å². The highest BCUT2D eigenvalue weighted by atomic mass is 16.7. The number of nitrogens with one attached hydrogen (secondary N) is 2. The molecule has 1 amide bonds. The van der Waals surface area contributed by atoms with Crippen LogP contribution in [0.1, 0.15) is 20.3 Å². The van der Waals surface area contributed by atoms with Crippen LogP contribution in [-0.4, -0.2) is 37.6 Å². The summed E-state index contributed by atoms with van der Waals surface area (Å²) in [6.45, 7) is 8.88. The third-order valence-electron chi connectivity index (χ3n) is 2.71. The van der Waals surface area contributed by atoms with Crippen LogP contribution in [0.5, 0.6) is 0 Å². The zero-order valence-corrected chi connectivity index (χ0v) is 9.91. The van der Waals surface area contributed by atoms with Gasteiger partial charge in [-0.2, -0.15) is 0 Å². The Morgan fingerprint density at radius 2 is 2.56 bits per heavy atom. The molecule has 2 atom stereocenters. The van der Waals surface area contributed by atoms with E-state index >= 15 is 0 Å². The van der Waals surface area contributed by atoms with E-state index in [-0.39, 0.29) is 18.7 Å². The summed E-state index contributed by atoms with van der Waals surface area (Å²) >= 11 is 0. The predicted octanol–water partition coefficient (Wildman–Crippen LogP) is 0.377. The molecule has 1 saturated heterocycles. The Labute approximate surface area is 96.2 Å². The Hall–Kier alpha value is -0.910. The fraction of sp³-hybridized carbons (Fsp3) is 0.727. The molecule has 1 aliphatic rings. The Kier molecular flexibility index (Phi) is 4.92. The zero-order chi connectivity index (χ0) is 12.0. The molecule has 0 saturated carbocycles. The van der Waals surface area contributed by atoms with Crippen molar-refractivity contribution >= 4 is 5.91 Å². The number of rotatable bonds is 5. The van der Waals surface area contributed by atoms with Crippen LogP contribution in [-0.2, 0) is 14.3 Å². The topological polar surface area (TPSA) is 59.6 Å². The van der Waals surface area contributed by atoms with Crippen LogP contribution in [0.2, 0.25) is 0 Å². The maximum Gasteiger partial charge on any atom is 0.245 e. The van der Waals surface area contributed by atoms with Gasteiger partial charge in [-0.15, -0.1) is 0 Å². The average molecular weight is 228 g/mol. The van der Waals surface area contributed by atoms with Gasteiger partial charge in [0.1, 0.15) is 6.73 Å². The van der Waals surface area contributed by atoms with Crippen molar-refractivity contribution in [3.63, 3.8) is 0 Å². The maximum absolute atomic E-state index is 10.9. The summed E-state index contributed by atoms with van der Waals surface area (Å²) < 4.78 is 11.2. The first-order valence-corrected chi connectivity index (χ1v) is 5.54. The van der Waals surface area contributed by atoms with Gasteiger partial charge >= 0.3 is 0 Å². The predicted molar refractivity (Wildman–Crippen MR) is 60.7 cm³/mol. The lowest BCUT2D eigenvalue weighted by Gasteiger charge is -2.41. The third kappa shape index (κ3) is 3.30. The summed E-state index contributed by atoms with van der Waals surface area (Å²) in [5.41, 5.74) is 0. The molecule has 1 rings (SSSR count). The van der Waals surface area contributed by atoms with Crippen LogP contribution in [0.4, 0.5) is 0 Å². The summed E-state index contributed by atoms with van der Waals surface area (Å²) in [4.78, 5) is 10.9. The highest BCUT2D eigenvalue weighted by Gasteiger charge is 2.37. The van der Waals surface area contributed by atoms with Gasteiger partial charge in [-0.3, -0.25) is 4.79 Å². The van der Waals surface area contributed by atoms with Gasteiger partial charge in [0.15, 0.2) is 5.79 Å². The highest BCUT2D eigenvalue weighted by Crippen LogP contribution is 2.22. The lowest BCUT2D eigenvalue weighted by atomic mass is 10.0. The fourth-order valence-corrected chi connectivity index (χ4v) is 1.75. The van der Waals surface area contributed by atoms with Gasteiger partial charge in [-0.1, -0.05) is 13.5 Å². The van der Waals surface area contributed by atoms with Crippen LogP contribution in [0.25, 0.3) is 0 Å². The largest absolute Gasteiger partial charge is 0.347 e. The van der Waals surface area contributed by atoms with Crippen LogP contribution in [0, 0.1) is 0 Å². The smallest absolute Gasteiger partial charge is 0.245 e. The minimum atomic E-state index is -0.679. The van der Waals surface area contributed by atoms with Crippen molar-refractivity contribution in [2.45, 2.75) is 32.1 Å². The molecule has 92 valence electrons. The van der Waals surface area contributed by atoms with Gasteiger partial charge < -0.3 is 20.1 Å². The van der Waals surface area contributed by atoms with Crippen molar-refractivity contribution in [2.75, 3.05) is 19.9 Å². The number of hydrogen-bond donors (Lipinski definition) is 2. The van der Waals surface area contributed by atoms with Crippen LogP contribution in [0.15, 0.2) is 12.7 Å². The molecule has 2 unspecified atom stereocenters. The zero-order valence-electron chi connectivity index (χ0n) is 9.91. The lowest BCUT2D eigenvalue weighted by molar-refractivity contribution is -0.259. The van der Waals surface area contributed by atoms with E-state index in [9.17, 15) is 4.79 Å². The molecule has 0 aromatic heterocycles. The first-order chi connectivity index (χ1) is 7.62. The molecule has 0 aliphatic carbocycles. The van der Waals surface area contributed by atoms with E-state index in [0.717, 1.165) is 13.0 Å². The molecule has 5 heteroatoms. The number of ether oxygens (including phenoxy) is 2. The van der Waals surface area contributed by atoms with E-state index in [0.29, 0.717) is 6.61 Å². The number of carbonyl (C=O) groups is 1. The maximum atomic E-state index is 10.9. The van der Waals surface area contributed by atoms with Crippen molar-refractivity contribution in [3.05, 3.63) is 12.7 Å². The summed E-state index contributed by atoms with van der Waals surface area (Å²) in [5, 5.41) is 5.89. The molecule has 0 bridgehead atoms. The van der Waals surface area contributed by atoms with Gasteiger partial charge in [0, 0.05) is 6.54 Å². The first kappa shape index (κ1) is 13.2.